The maximum absolute atomic E-state index is 13.5. The van der Waals surface area contributed by atoms with Crippen LogP contribution < -0.4 is 0 Å². The van der Waals surface area contributed by atoms with Gasteiger partial charge in [0.15, 0.2) is 0 Å². The highest BCUT2D eigenvalue weighted by molar-refractivity contribution is 5.94. The number of hydrogen-bond donors (Lipinski definition) is 0. The summed E-state index contributed by atoms with van der Waals surface area (Å²) in [6.45, 7) is 8.02. The summed E-state index contributed by atoms with van der Waals surface area (Å²) in [4.78, 5) is 29.0. The Morgan fingerprint density at radius 1 is 0.938 bits per heavy atom. The van der Waals surface area contributed by atoms with E-state index in [9.17, 15) is 9.59 Å². The van der Waals surface area contributed by atoms with E-state index in [4.69, 9.17) is 9.84 Å². The molecule has 3 aromatic rings. The van der Waals surface area contributed by atoms with Crippen LogP contribution >= 0.6 is 0 Å². The minimum atomic E-state index is -0.328. The molecule has 2 aromatic carbocycles. The van der Waals surface area contributed by atoms with Crippen molar-refractivity contribution in [2.24, 2.45) is 0 Å². The quantitative estimate of drug-likeness (QED) is 0.623. The van der Waals surface area contributed by atoms with Crippen molar-refractivity contribution in [1.82, 2.24) is 19.6 Å². The summed E-state index contributed by atoms with van der Waals surface area (Å²) >= 11 is 0. The number of carbonyl (C=O) groups is 2. The van der Waals surface area contributed by atoms with Crippen molar-refractivity contribution in [1.29, 1.82) is 0 Å². The number of aromatic nitrogens is 2. The molecule has 1 aliphatic rings. The van der Waals surface area contributed by atoms with Crippen molar-refractivity contribution in [2.45, 2.75) is 20.8 Å². The van der Waals surface area contributed by atoms with Crippen LogP contribution in [0.15, 0.2) is 54.6 Å². The average Bonchev–Trinajstić information content (AvgIpc) is 3.24. The topological polar surface area (TPSA) is 67.7 Å². The summed E-state index contributed by atoms with van der Waals surface area (Å²) in [5, 5.41) is 4.81. The Morgan fingerprint density at radius 3 is 2.28 bits per heavy atom. The van der Waals surface area contributed by atoms with Gasteiger partial charge in [-0.2, -0.15) is 5.10 Å². The van der Waals surface area contributed by atoms with E-state index in [1.807, 2.05) is 62.4 Å². The molecule has 1 fully saturated rings. The van der Waals surface area contributed by atoms with E-state index < -0.39 is 0 Å². The standard InChI is InChI=1S/C25H28N4O3/c1-4-32-25(31)28-14-12-27(13-15-28)24(30)23-17-21(20-8-6-5-7-9-20)26-29(23)22-11-10-18(2)16-19(22)3/h5-11,16-17H,4,12-15H2,1-3H3. The largest absolute Gasteiger partial charge is 0.450 e. The number of hydrogen-bond acceptors (Lipinski definition) is 4. The van der Waals surface area contributed by atoms with E-state index in [2.05, 4.69) is 6.07 Å². The number of ether oxygens (including phenoxy) is 1. The first kappa shape index (κ1) is 21.6. The molecule has 1 aliphatic heterocycles. The highest BCUT2D eigenvalue weighted by atomic mass is 16.6. The normalized spacial score (nSPS) is 13.8. The lowest BCUT2D eigenvalue weighted by molar-refractivity contribution is 0.0563. The maximum Gasteiger partial charge on any atom is 0.409 e. The highest BCUT2D eigenvalue weighted by Gasteiger charge is 2.28. The molecule has 1 saturated heterocycles. The van der Waals surface area contributed by atoms with Gasteiger partial charge in [-0.15, -0.1) is 0 Å². The van der Waals surface area contributed by atoms with Crippen molar-refractivity contribution < 1.29 is 14.3 Å². The fourth-order valence-corrected chi connectivity index (χ4v) is 3.98. The van der Waals surface area contributed by atoms with Gasteiger partial charge >= 0.3 is 6.09 Å². The number of aryl methyl sites for hydroxylation is 2. The van der Waals surface area contributed by atoms with Gasteiger partial charge in [0, 0.05) is 31.7 Å². The Bertz CT molecular complexity index is 1120. The number of benzene rings is 2. The maximum atomic E-state index is 13.5. The molecule has 1 aromatic heterocycles. The number of piperazine rings is 1. The number of rotatable bonds is 4. The molecule has 4 rings (SSSR count). The summed E-state index contributed by atoms with van der Waals surface area (Å²) in [6, 6.07) is 17.8. The number of amides is 2. The summed E-state index contributed by atoms with van der Waals surface area (Å²) in [5.74, 6) is -0.0943. The fourth-order valence-electron chi connectivity index (χ4n) is 3.98. The van der Waals surface area contributed by atoms with Crippen molar-refractivity contribution in [3.8, 4) is 16.9 Å². The molecule has 2 heterocycles. The van der Waals surface area contributed by atoms with Gasteiger partial charge in [-0.05, 0) is 38.5 Å². The lowest BCUT2D eigenvalue weighted by atomic mass is 10.1. The van der Waals surface area contributed by atoms with Gasteiger partial charge in [-0.3, -0.25) is 4.79 Å². The molecule has 166 valence electrons. The SMILES string of the molecule is CCOC(=O)N1CCN(C(=O)c2cc(-c3ccccc3)nn2-c2ccc(C)cc2C)CC1. The van der Waals surface area contributed by atoms with Crippen molar-refractivity contribution in [3.05, 3.63) is 71.4 Å². The van der Waals surface area contributed by atoms with Gasteiger partial charge in [0.1, 0.15) is 5.69 Å². The van der Waals surface area contributed by atoms with Crippen LogP contribution in [0.2, 0.25) is 0 Å². The zero-order chi connectivity index (χ0) is 22.7. The van der Waals surface area contributed by atoms with E-state index >= 15 is 0 Å². The Morgan fingerprint density at radius 2 is 1.62 bits per heavy atom. The monoisotopic (exact) mass is 432 g/mol. The van der Waals surface area contributed by atoms with Crippen molar-refractivity contribution in [3.63, 3.8) is 0 Å². The van der Waals surface area contributed by atoms with Crippen LogP contribution in [0.5, 0.6) is 0 Å². The van der Waals surface area contributed by atoms with Crippen LogP contribution in [0, 0.1) is 13.8 Å². The minimum absolute atomic E-state index is 0.0943. The summed E-state index contributed by atoms with van der Waals surface area (Å²) in [5.41, 5.74) is 5.31. The second kappa shape index (κ2) is 9.26. The molecule has 0 unspecified atom stereocenters. The molecule has 0 saturated carbocycles. The minimum Gasteiger partial charge on any atom is -0.450 e. The predicted octanol–water partition coefficient (Wildman–Crippen LogP) is 4.07. The molecule has 0 bridgehead atoms. The smallest absolute Gasteiger partial charge is 0.409 e. The van der Waals surface area contributed by atoms with Crippen molar-refractivity contribution >= 4 is 12.0 Å². The van der Waals surface area contributed by atoms with Gasteiger partial charge in [0.25, 0.3) is 5.91 Å². The van der Waals surface area contributed by atoms with Crippen LogP contribution in [0.4, 0.5) is 4.79 Å². The predicted molar refractivity (Wildman–Crippen MR) is 123 cm³/mol. The summed E-state index contributed by atoms with van der Waals surface area (Å²) in [7, 11) is 0. The average molecular weight is 433 g/mol. The molecule has 0 atom stereocenters. The van der Waals surface area contributed by atoms with E-state index in [1.165, 1.54) is 0 Å². The Labute approximate surface area is 188 Å². The third-order valence-electron chi connectivity index (χ3n) is 5.67. The van der Waals surface area contributed by atoms with Gasteiger partial charge < -0.3 is 14.5 Å². The number of carbonyl (C=O) groups excluding carboxylic acids is 2. The first-order chi connectivity index (χ1) is 15.5. The van der Waals surface area contributed by atoms with Crippen LogP contribution in [0.1, 0.15) is 28.5 Å². The van der Waals surface area contributed by atoms with Gasteiger partial charge in [-0.25, -0.2) is 9.48 Å². The molecular formula is C25H28N4O3. The third-order valence-corrected chi connectivity index (χ3v) is 5.67. The van der Waals surface area contributed by atoms with Gasteiger partial charge in [0.2, 0.25) is 0 Å². The number of nitrogens with zero attached hydrogens (tertiary/aromatic N) is 4. The summed E-state index contributed by atoms with van der Waals surface area (Å²) in [6.07, 6.45) is -0.328. The molecule has 0 aliphatic carbocycles. The lowest BCUT2D eigenvalue weighted by Crippen LogP contribution is -2.51. The molecule has 32 heavy (non-hydrogen) atoms. The molecular weight excluding hydrogens is 404 g/mol. The fraction of sp³-hybridized carbons (Fsp3) is 0.320. The first-order valence-corrected chi connectivity index (χ1v) is 10.9. The lowest BCUT2D eigenvalue weighted by Gasteiger charge is -2.34. The molecule has 0 N–H and O–H groups in total. The first-order valence-electron chi connectivity index (χ1n) is 10.9. The zero-order valence-electron chi connectivity index (χ0n) is 18.7. The van der Waals surface area contributed by atoms with E-state index in [-0.39, 0.29) is 12.0 Å². The molecule has 0 radical (unpaired) electrons. The van der Waals surface area contributed by atoms with Crippen molar-refractivity contribution in [2.75, 3.05) is 32.8 Å². The van der Waals surface area contributed by atoms with E-state index in [1.54, 1.807) is 21.4 Å². The van der Waals surface area contributed by atoms with Crippen LogP contribution in [0.3, 0.4) is 0 Å². The summed E-state index contributed by atoms with van der Waals surface area (Å²) < 4.78 is 6.83. The molecule has 0 spiro atoms. The third kappa shape index (κ3) is 4.37. The second-order valence-corrected chi connectivity index (χ2v) is 7.96. The Kier molecular flexibility index (Phi) is 6.25. The van der Waals surface area contributed by atoms with Crippen LogP contribution in [0.25, 0.3) is 16.9 Å². The zero-order valence-corrected chi connectivity index (χ0v) is 18.7. The van der Waals surface area contributed by atoms with E-state index in [0.29, 0.717) is 38.5 Å². The Balaban J connectivity index is 1.66. The van der Waals surface area contributed by atoms with E-state index in [0.717, 1.165) is 28.1 Å². The molecule has 7 nitrogen and oxygen atoms in total. The second-order valence-electron chi connectivity index (χ2n) is 7.96. The molecule has 2 amide bonds. The molecule has 7 heteroatoms. The van der Waals surface area contributed by atoms with Gasteiger partial charge in [-0.1, -0.05) is 48.0 Å². The Hall–Kier alpha value is -3.61. The van der Waals surface area contributed by atoms with Gasteiger partial charge in [0.05, 0.1) is 18.0 Å². The van der Waals surface area contributed by atoms with Crippen LogP contribution in [-0.4, -0.2) is 64.4 Å². The highest BCUT2D eigenvalue weighted by Crippen LogP contribution is 2.25. The van der Waals surface area contributed by atoms with Crippen LogP contribution in [-0.2, 0) is 4.74 Å².